The van der Waals surface area contributed by atoms with Crippen LogP contribution in [0.4, 0.5) is 5.82 Å². The van der Waals surface area contributed by atoms with Crippen molar-refractivity contribution in [2.24, 2.45) is 0 Å². The highest BCUT2D eigenvalue weighted by atomic mass is 28.3. The van der Waals surface area contributed by atoms with Gasteiger partial charge in [0.15, 0.2) is 0 Å². The summed E-state index contributed by atoms with van der Waals surface area (Å²) in [6, 6.07) is 3.27. The molecule has 0 aliphatic heterocycles. The molecule has 0 amide bonds. The van der Waals surface area contributed by atoms with Crippen molar-refractivity contribution in [3.8, 4) is 0 Å². The second-order valence-corrected chi connectivity index (χ2v) is 8.99. The molecule has 0 aliphatic carbocycles. The minimum Gasteiger partial charge on any atom is -0.358 e. The first-order valence-electron chi connectivity index (χ1n) is 4.02. The minimum absolute atomic E-state index is 0.0815. The van der Waals surface area contributed by atoms with Crippen LogP contribution in [0.15, 0.2) is 18.3 Å². The van der Waals surface area contributed by atoms with Crippen LogP contribution in [0.2, 0.25) is 19.6 Å². The van der Waals surface area contributed by atoms with Crippen molar-refractivity contribution < 1.29 is 4.92 Å². The Morgan fingerprint density at radius 1 is 1.38 bits per heavy atom. The summed E-state index contributed by atoms with van der Waals surface area (Å²) in [6.07, 6.45) is 1.62. The number of nitro groups is 1. The van der Waals surface area contributed by atoms with Crippen molar-refractivity contribution in [3.05, 3.63) is 28.4 Å². The first kappa shape index (κ1) is 9.85. The van der Waals surface area contributed by atoms with Crippen LogP contribution in [0, 0.1) is 10.1 Å². The highest BCUT2D eigenvalue weighted by molar-refractivity contribution is 6.88. The average molecular weight is 196 g/mol. The van der Waals surface area contributed by atoms with E-state index in [0.717, 1.165) is 5.19 Å². The summed E-state index contributed by atoms with van der Waals surface area (Å²) in [5.74, 6) is -0.0815. The summed E-state index contributed by atoms with van der Waals surface area (Å²) in [7, 11) is -1.38. The van der Waals surface area contributed by atoms with Gasteiger partial charge in [0.1, 0.15) is 6.20 Å². The van der Waals surface area contributed by atoms with Gasteiger partial charge in [0, 0.05) is 6.07 Å². The highest BCUT2D eigenvalue weighted by Gasteiger charge is 2.19. The lowest BCUT2D eigenvalue weighted by Gasteiger charge is -2.13. The van der Waals surface area contributed by atoms with Gasteiger partial charge < -0.3 is 10.1 Å². The zero-order valence-corrected chi connectivity index (χ0v) is 8.94. The fourth-order valence-corrected chi connectivity index (χ4v) is 1.97. The van der Waals surface area contributed by atoms with Crippen LogP contribution in [0.1, 0.15) is 0 Å². The molecule has 70 valence electrons. The van der Waals surface area contributed by atoms with Crippen LogP contribution in [-0.4, -0.2) is 18.0 Å². The standard InChI is InChI=1S/C8H12N2O2Si/c1-13(2,3)7-4-5-8(9-6-7)10(11)12/h4-6H,1-3H3. The van der Waals surface area contributed by atoms with Gasteiger partial charge in [-0.1, -0.05) is 25.7 Å². The molecule has 5 heteroatoms. The average Bonchev–Trinajstić information content (AvgIpc) is 2.03. The fraction of sp³-hybridized carbons (Fsp3) is 0.375. The van der Waals surface area contributed by atoms with Crippen LogP contribution in [-0.2, 0) is 0 Å². The molecule has 0 aliphatic rings. The van der Waals surface area contributed by atoms with E-state index in [9.17, 15) is 10.1 Å². The number of pyridine rings is 1. The topological polar surface area (TPSA) is 56.0 Å². The molecule has 1 rings (SSSR count). The Bertz CT molecular complexity index is 316. The third-order valence-corrected chi connectivity index (χ3v) is 3.83. The van der Waals surface area contributed by atoms with Crippen molar-refractivity contribution in [2.45, 2.75) is 19.6 Å². The molecular formula is C8H12N2O2Si. The van der Waals surface area contributed by atoms with E-state index in [1.54, 1.807) is 12.3 Å². The molecule has 13 heavy (non-hydrogen) atoms. The summed E-state index contributed by atoms with van der Waals surface area (Å²) in [6.45, 7) is 6.53. The summed E-state index contributed by atoms with van der Waals surface area (Å²) < 4.78 is 0. The maximum atomic E-state index is 10.3. The van der Waals surface area contributed by atoms with Gasteiger partial charge in [-0.15, -0.1) is 0 Å². The predicted molar refractivity (Wildman–Crippen MR) is 53.9 cm³/mol. The number of rotatable bonds is 2. The molecular weight excluding hydrogens is 184 g/mol. The molecule has 1 aromatic heterocycles. The molecule has 0 bridgehead atoms. The third-order valence-electron chi connectivity index (χ3n) is 1.80. The second kappa shape index (κ2) is 3.25. The van der Waals surface area contributed by atoms with E-state index in [0.29, 0.717) is 0 Å². The van der Waals surface area contributed by atoms with Gasteiger partial charge in [-0.25, -0.2) is 0 Å². The van der Waals surface area contributed by atoms with Gasteiger partial charge in [-0.05, 0) is 15.1 Å². The van der Waals surface area contributed by atoms with Gasteiger partial charge >= 0.3 is 5.82 Å². The van der Waals surface area contributed by atoms with E-state index in [-0.39, 0.29) is 5.82 Å². The highest BCUT2D eigenvalue weighted by Crippen LogP contribution is 2.06. The fourth-order valence-electron chi connectivity index (χ4n) is 0.938. The Kier molecular flexibility index (Phi) is 2.47. The molecule has 4 nitrogen and oxygen atoms in total. The normalized spacial score (nSPS) is 11.3. The van der Waals surface area contributed by atoms with Crippen molar-refractivity contribution >= 4 is 19.1 Å². The Balaban J connectivity index is 3.01. The number of hydrogen-bond acceptors (Lipinski definition) is 3. The van der Waals surface area contributed by atoms with Crippen LogP contribution in [0.3, 0.4) is 0 Å². The monoisotopic (exact) mass is 196 g/mol. The molecule has 0 radical (unpaired) electrons. The first-order chi connectivity index (χ1) is 5.91. The quantitative estimate of drug-likeness (QED) is 0.409. The molecule has 0 aromatic carbocycles. The minimum atomic E-state index is -1.38. The predicted octanol–water partition coefficient (Wildman–Crippen LogP) is 1.53. The lowest BCUT2D eigenvalue weighted by molar-refractivity contribution is -0.389. The molecule has 0 N–H and O–H groups in total. The Morgan fingerprint density at radius 3 is 2.31 bits per heavy atom. The molecule has 0 saturated carbocycles. The molecule has 0 fully saturated rings. The molecule has 0 atom stereocenters. The summed E-state index contributed by atoms with van der Waals surface area (Å²) in [5, 5.41) is 11.5. The smallest absolute Gasteiger partial charge is 0.358 e. The van der Waals surface area contributed by atoms with Crippen molar-refractivity contribution in [1.82, 2.24) is 4.98 Å². The second-order valence-electron chi connectivity index (χ2n) is 3.91. The van der Waals surface area contributed by atoms with Gasteiger partial charge in [0.25, 0.3) is 0 Å². The maximum Gasteiger partial charge on any atom is 0.363 e. The summed E-state index contributed by atoms with van der Waals surface area (Å²) in [4.78, 5) is 13.6. The van der Waals surface area contributed by atoms with E-state index < -0.39 is 13.0 Å². The lowest BCUT2D eigenvalue weighted by Crippen LogP contribution is -2.37. The van der Waals surface area contributed by atoms with Gasteiger partial charge in [-0.3, -0.25) is 0 Å². The Morgan fingerprint density at radius 2 is 2.00 bits per heavy atom. The molecule has 1 aromatic rings. The number of nitrogens with zero attached hydrogens (tertiary/aromatic N) is 2. The van der Waals surface area contributed by atoms with Crippen LogP contribution >= 0.6 is 0 Å². The molecule has 0 spiro atoms. The zero-order chi connectivity index (χ0) is 10.1. The zero-order valence-electron chi connectivity index (χ0n) is 7.94. The van der Waals surface area contributed by atoms with Gasteiger partial charge in [-0.2, -0.15) is 0 Å². The van der Waals surface area contributed by atoms with E-state index in [4.69, 9.17) is 0 Å². The number of aromatic nitrogens is 1. The van der Waals surface area contributed by atoms with E-state index in [2.05, 4.69) is 24.6 Å². The van der Waals surface area contributed by atoms with E-state index >= 15 is 0 Å². The van der Waals surface area contributed by atoms with Crippen LogP contribution in [0.5, 0.6) is 0 Å². The third kappa shape index (κ3) is 2.35. The van der Waals surface area contributed by atoms with E-state index in [1.165, 1.54) is 6.07 Å². The first-order valence-corrected chi connectivity index (χ1v) is 7.52. The molecule has 0 unspecified atom stereocenters. The summed E-state index contributed by atoms with van der Waals surface area (Å²) >= 11 is 0. The lowest BCUT2D eigenvalue weighted by atomic mass is 10.5. The van der Waals surface area contributed by atoms with Crippen molar-refractivity contribution in [1.29, 1.82) is 0 Å². The molecule has 0 saturated heterocycles. The molecule has 1 heterocycles. The van der Waals surface area contributed by atoms with Gasteiger partial charge in [0.05, 0.1) is 8.07 Å². The SMILES string of the molecule is C[Si](C)(C)c1ccc([N+](=O)[O-])nc1. The van der Waals surface area contributed by atoms with Crippen molar-refractivity contribution in [2.75, 3.05) is 0 Å². The van der Waals surface area contributed by atoms with Crippen LogP contribution < -0.4 is 5.19 Å². The van der Waals surface area contributed by atoms with Crippen molar-refractivity contribution in [3.63, 3.8) is 0 Å². The Labute approximate surface area is 77.8 Å². The number of hydrogen-bond donors (Lipinski definition) is 0. The largest absolute Gasteiger partial charge is 0.363 e. The van der Waals surface area contributed by atoms with Gasteiger partial charge in [0.2, 0.25) is 0 Å². The summed E-state index contributed by atoms with van der Waals surface area (Å²) in [5.41, 5.74) is 0. The van der Waals surface area contributed by atoms with E-state index in [1.807, 2.05) is 0 Å². The maximum absolute atomic E-state index is 10.3. The Hall–Kier alpha value is -1.23. The van der Waals surface area contributed by atoms with Crippen LogP contribution in [0.25, 0.3) is 0 Å².